The van der Waals surface area contributed by atoms with Crippen molar-refractivity contribution in [3.63, 3.8) is 0 Å². The van der Waals surface area contributed by atoms with Gasteiger partial charge < -0.3 is 19.5 Å². The van der Waals surface area contributed by atoms with Crippen molar-refractivity contribution in [1.29, 1.82) is 0 Å². The summed E-state index contributed by atoms with van der Waals surface area (Å²) < 4.78 is 44.3. The van der Waals surface area contributed by atoms with Crippen LogP contribution < -0.4 is 10.5 Å². The summed E-state index contributed by atoms with van der Waals surface area (Å²) in [6.45, 7) is 4.95. The molecule has 1 amide bonds. The maximum atomic E-state index is 12.9. The van der Waals surface area contributed by atoms with Crippen LogP contribution in [-0.2, 0) is 17.3 Å². The molecule has 8 nitrogen and oxygen atoms in total. The van der Waals surface area contributed by atoms with E-state index in [1.165, 1.54) is 19.0 Å². The molecule has 2 fully saturated rings. The van der Waals surface area contributed by atoms with E-state index in [0.717, 1.165) is 11.6 Å². The normalized spacial score (nSPS) is 20.0. The summed E-state index contributed by atoms with van der Waals surface area (Å²) in [5, 5.41) is 0. The minimum Gasteiger partial charge on any atom is -0.446 e. The fourth-order valence-electron chi connectivity index (χ4n) is 4.00. The first kappa shape index (κ1) is 23.1. The van der Waals surface area contributed by atoms with Gasteiger partial charge in [0.2, 0.25) is 5.95 Å². The number of H-pyrrole nitrogens is 1. The Morgan fingerprint density at radius 1 is 1.27 bits per heavy atom. The Kier molecular flexibility index (Phi) is 6.31. The molecule has 2 atom stereocenters. The van der Waals surface area contributed by atoms with Crippen molar-refractivity contribution in [2.24, 2.45) is 0 Å². The Morgan fingerprint density at radius 3 is 2.58 bits per heavy atom. The molecule has 0 bridgehead atoms. The van der Waals surface area contributed by atoms with Crippen molar-refractivity contribution in [2.75, 3.05) is 24.5 Å². The highest BCUT2D eigenvalue weighted by atomic mass is 19.4. The van der Waals surface area contributed by atoms with Crippen molar-refractivity contribution < 1.29 is 22.7 Å². The van der Waals surface area contributed by atoms with E-state index < -0.39 is 29.5 Å². The van der Waals surface area contributed by atoms with Gasteiger partial charge in [-0.15, -0.1) is 0 Å². The number of nitrogens with zero attached hydrogens (tertiary/aromatic N) is 4. The first-order chi connectivity index (χ1) is 15.6. The summed E-state index contributed by atoms with van der Waals surface area (Å²) in [6, 6.07) is 0.764. The van der Waals surface area contributed by atoms with E-state index in [0.29, 0.717) is 31.5 Å². The third-order valence-electron chi connectivity index (χ3n) is 5.94. The molecule has 1 aliphatic carbocycles. The maximum absolute atomic E-state index is 12.9. The highest BCUT2D eigenvalue weighted by Crippen LogP contribution is 2.39. The second kappa shape index (κ2) is 9.03. The predicted molar refractivity (Wildman–Crippen MR) is 114 cm³/mol. The first-order valence-corrected chi connectivity index (χ1v) is 10.9. The molecular weight excluding hydrogens is 439 g/mol. The molecular formula is C22H26F3N5O3. The average molecular weight is 465 g/mol. The molecule has 1 saturated heterocycles. The van der Waals surface area contributed by atoms with Gasteiger partial charge in [-0.2, -0.15) is 13.2 Å². The number of amides is 1. The number of pyridine rings is 1. The van der Waals surface area contributed by atoms with Gasteiger partial charge in [0, 0.05) is 50.7 Å². The molecule has 0 spiro atoms. The minimum atomic E-state index is -4.75. The van der Waals surface area contributed by atoms with Gasteiger partial charge >= 0.3 is 12.3 Å². The van der Waals surface area contributed by atoms with Crippen LogP contribution in [0.4, 0.5) is 23.9 Å². The highest BCUT2D eigenvalue weighted by molar-refractivity contribution is 5.68. The highest BCUT2D eigenvalue weighted by Gasteiger charge is 2.34. The van der Waals surface area contributed by atoms with E-state index in [1.54, 1.807) is 11.8 Å². The molecule has 1 aliphatic heterocycles. The molecule has 11 heteroatoms. The smallest absolute Gasteiger partial charge is 0.421 e. The Balaban J connectivity index is 1.31. The van der Waals surface area contributed by atoms with Crippen LogP contribution in [0.2, 0.25) is 0 Å². The minimum absolute atomic E-state index is 0.0260. The number of hydrogen-bond donors (Lipinski definition) is 1. The number of carbonyl (C=O) groups is 1. The molecule has 2 aromatic rings. The van der Waals surface area contributed by atoms with Gasteiger partial charge in [0.1, 0.15) is 11.7 Å². The number of alkyl halides is 3. The van der Waals surface area contributed by atoms with Gasteiger partial charge in [0.15, 0.2) is 0 Å². The van der Waals surface area contributed by atoms with E-state index >= 15 is 0 Å². The van der Waals surface area contributed by atoms with E-state index in [-0.39, 0.29) is 18.0 Å². The zero-order valence-electron chi connectivity index (χ0n) is 18.4. The standard InChI is InChI=1S/C22H26F3N5O3/c1-13-12-29(5-6-30(13)20-27-10-17(11-28-20)16-3-4-16)21(32)33-14(2)7-15-8-18(22(23,24)25)19(31)26-9-15/h8-11,13-14,16H,3-7,12H2,1-2H3,(H,26,31). The number of aromatic nitrogens is 3. The van der Waals surface area contributed by atoms with Crippen LogP contribution in [0.1, 0.15) is 49.3 Å². The molecule has 0 radical (unpaired) electrons. The van der Waals surface area contributed by atoms with Crippen LogP contribution in [-0.4, -0.2) is 57.7 Å². The summed E-state index contributed by atoms with van der Waals surface area (Å²) in [7, 11) is 0. The fourth-order valence-corrected chi connectivity index (χ4v) is 4.00. The van der Waals surface area contributed by atoms with Crippen LogP contribution in [0.3, 0.4) is 0 Å². The van der Waals surface area contributed by atoms with Gasteiger partial charge in [-0.25, -0.2) is 14.8 Å². The Hall–Kier alpha value is -3.11. The second-order valence-corrected chi connectivity index (χ2v) is 8.73. The fraction of sp³-hybridized carbons (Fsp3) is 0.545. The second-order valence-electron chi connectivity index (χ2n) is 8.73. The van der Waals surface area contributed by atoms with Crippen LogP contribution in [0.5, 0.6) is 0 Å². The van der Waals surface area contributed by atoms with Gasteiger partial charge in [-0.05, 0) is 49.8 Å². The molecule has 3 heterocycles. The molecule has 33 heavy (non-hydrogen) atoms. The summed E-state index contributed by atoms with van der Waals surface area (Å²) >= 11 is 0. The lowest BCUT2D eigenvalue weighted by molar-refractivity contribution is -0.138. The van der Waals surface area contributed by atoms with Crippen LogP contribution >= 0.6 is 0 Å². The monoisotopic (exact) mass is 465 g/mol. The van der Waals surface area contributed by atoms with Gasteiger partial charge in [-0.1, -0.05) is 0 Å². The van der Waals surface area contributed by atoms with Crippen molar-refractivity contribution in [3.8, 4) is 0 Å². The van der Waals surface area contributed by atoms with Crippen LogP contribution in [0.15, 0.2) is 29.5 Å². The summed E-state index contributed by atoms with van der Waals surface area (Å²) in [5.74, 6) is 1.22. The molecule has 2 aromatic heterocycles. The van der Waals surface area contributed by atoms with Gasteiger partial charge in [-0.3, -0.25) is 4.79 Å². The molecule has 0 aromatic carbocycles. The number of ether oxygens (including phenoxy) is 1. The van der Waals surface area contributed by atoms with Crippen molar-refractivity contribution in [1.82, 2.24) is 19.9 Å². The molecule has 1 saturated carbocycles. The molecule has 178 valence electrons. The Bertz CT molecular complexity index is 1050. The summed E-state index contributed by atoms with van der Waals surface area (Å²) in [5.41, 5.74) is -1.08. The van der Waals surface area contributed by atoms with E-state index in [2.05, 4.69) is 15.0 Å². The van der Waals surface area contributed by atoms with Crippen molar-refractivity contribution in [3.05, 3.63) is 51.7 Å². The summed E-state index contributed by atoms with van der Waals surface area (Å²) in [6.07, 6.45) is 1.41. The number of hydrogen-bond acceptors (Lipinski definition) is 6. The topological polar surface area (TPSA) is 91.4 Å². The third-order valence-corrected chi connectivity index (χ3v) is 5.94. The zero-order chi connectivity index (χ0) is 23.8. The average Bonchev–Trinajstić information content (AvgIpc) is 3.60. The van der Waals surface area contributed by atoms with Crippen LogP contribution in [0, 0.1) is 0 Å². The molecule has 1 N–H and O–H groups in total. The van der Waals surface area contributed by atoms with E-state index in [1.807, 2.05) is 24.2 Å². The lowest BCUT2D eigenvalue weighted by Gasteiger charge is -2.39. The summed E-state index contributed by atoms with van der Waals surface area (Å²) in [4.78, 5) is 38.7. The number of aromatic amines is 1. The number of piperazine rings is 1. The van der Waals surface area contributed by atoms with Gasteiger partial charge in [0.25, 0.3) is 5.56 Å². The number of carbonyl (C=O) groups excluding carboxylic acids is 1. The zero-order valence-corrected chi connectivity index (χ0v) is 18.4. The van der Waals surface area contributed by atoms with E-state index in [9.17, 15) is 22.8 Å². The van der Waals surface area contributed by atoms with Crippen LogP contribution in [0.25, 0.3) is 0 Å². The third kappa shape index (κ3) is 5.45. The number of halogens is 3. The molecule has 4 rings (SSSR count). The predicted octanol–water partition coefficient (Wildman–Crippen LogP) is 3.34. The lowest BCUT2D eigenvalue weighted by atomic mass is 10.1. The van der Waals surface area contributed by atoms with E-state index in [4.69, 9.17) is 4.74 Å². The number of nitrogens with one attached hydrogen (secondary N) is 1. The first-order valence-electron chi connectivity index (χ1n) is 10.9. The number of anilines is 1. The SMILES string of the molecule is CC(Cc1c[nH]c(=O)c(C(F)(F)F)c1)OC(=O)N1CCN(c2ncc(C3CC3)cn2)C(C)C1. The molecule has 2 aliphatic rings. The largest absolute Gasteiger partial charge is 0.446 e. The molecule has 2 unspecified atom stereocenters. The van der Waals surface area contributed by atoms with Crippen molar-refractivity contribution in [2.45, 2.75) is 57.3 Å². The van der Waals surface area contributed by atoms with Gasteiger partial charge in [0.05, 0.1) is 0 Å². The number of rotatable bonds is 5. The Morgan fingerprint density at radius 2 is 1.97 bits per heavy atom. The Labute approximate surface area is 188 Å². The quantitative estimate of drug-likeness (QED) is 0.728. The van der Waals surface area contributed by atoms with Crippen molar-refractivity contribution >= 4 is 12.0 Å². The lowest BCUT2D eigenvalue weighted by Crippen LogP contribution is -2.54. The maximum Gasteiger partial charge on any atom is 0.421 e.